The lowest BCUT2D eigenvalue weighted by molar-refractivity contribution is -0.137. The predicted molar refractivity (Wildman–Crippen MR) is 131 cm³/mol. The van der Waals surface area contributed by atoms with Crippen molar-refractivity contribution >= 4 is 5.97 Å². The number of hydrogen-bond donors (Lipinski definition) is 1. The van der Waals surface area contributed by atoms with E-state index in [1.54, 1.807) is 0 Å². The van der Waals surface area contributed by atoms with Crippen LogP contribution in [0.4, 0.5) is 0 Å². The number of aliphatic carboxylic acids is 1. The minimum absolute atomic E-state index is 0.179. The minimum Gasteiger partial charge on any atom is -0.481 e. The first-order chi connectivity index (χ1) is 15.7. The molecule has 1 atom stereocenters. The van der Waals surface area contributed by atoms with Gasteiger partial charge in [0.15, 0.2) is 0 Å². The van der Waals surface area contributed by atoms with Crippen molar-refractivity contribution in [2.45, 2.75) is 84.0 Å². The van der Waals surface area contributed by atoms with Crippen LogP contribution in [0.5, 0.6) is 0 Å². The summed E-state index contributed by atoms with van der Waals surface area (Å²) < 4.78 is 6.31. The Labute approximate surface area is 193 Å². The zero-order chi connectivity index (χ0) is 22.6. The predicted octanol–water partition coefficient (Wildman–Crippen LogP) is 6.67. The summed E-state index contributed by atoms with van der Waals surface area (Å²) in [6, 6.07) is 17.7. The number of rotatable bonds is 13. The molecule has 4 nitrogen and oxygen atoms in total. The second-order valence-electron chi connectivity index (χ2n) is 9.00. The van der Waals surface area contributed by atoms with E-state index >= 15 is 0 Å². The van der Waals surface area contributed by atoms with Crippen molar-refractivity contribution in [3.05, 3.63) is 59.7 Å². The van der Waals surface area contributed by atoms with Crippen LogP contribution in [0.25, 0.3) is 11.1 Å². The lowest BCUT2D eigenvalue weighted by Crippen LogP contribution is -2.41. The third-order valence-corrected chi connectivity index (χ3v) is 6.39. The molecule has 0 spiro atoms. The van der Waals surface area contributed by atoms with Gasteiger partial charge in [-0.3, -0.25) is 9.69 Å². The summed E-state index contributed by atoms with van der Waals surface area (Å²) in [6.45, 7) is 4.95. The molecule has 2 aromatic carbocycles. The Morgan fingerprint density at radius 3 is 2.28 bits per heavy atom. The van der Waals surface area contributed by atoms with Gasteiger partial charge in [-0.2, -0.15) is 0 Å². The van der Waals surface area contributed by atoms with Gasteiger partial charge in [-0.1, -0.05) is 68.3 Å². The van der Waals surface area contributed by atoms with Crippen molar-refractivity contribution in [1.29, 1.82) is 0 Å². The van der Waals surface area contributed by atoms with Crippen LogP contribution in [0, 0.1) is 0 Å². The number of aryl methyl sites for hydroxylation is 1. The molecule has 0 radical (unpaired) electrons. The molecule has 0 aliphatic carbocycles. The fraction of sp³-hybridized carbons (Fsp3) is 0.536. The van der Waals surface area contributed by atoms with Crippen molar-refractivity contribution in [1.82, 2.24) is 4.90 Å². The van der Waals surface area contributed by atoms with Crippen LogP contribution >= 0.6 is 0 Å². The minimum atomic E-state index is -0.695. The maximum atomic E-state index is 10.7. The van der Waals surface area contributed by atoms with E-state index in [9.17, 15) is 4.79 Å². The van der Waals surface area contributed by atoms with E-state index in [1.165, 1.54) is 47.9 Å². The van der Waals surface area contributed by atoms with Crippen molar-refractivity contribution in [3.63, 3.8) is 0 Å². The van der Waals surface area contributed by atoms with E-state index in [2.05, 4.69) is 60.4 Å². The van der Waals surface area contributed by atoms with Crippen molar-refractivity contribution in [2.24, 2.45) is 0 Å². The Hall–Kier alpha value is -2.17. The number of piperidine rings is 1. The quantitative estimate of drug-likeness (QED) is 0.356. The smallest absolute Gasteiger partial charge is 0.303 e. The summed E-state index contributed by atoms with van der Waals surface area (Å²) in [5.41, 5.74) is 5.13. The number of ether oxygens (including phenoxy) is 1. The fourth-order valence-electron chi connectivity index (χ4n) is 4.40. The van der Waals surface area contributed by atoms with E-state index in [0.717, 1.165) is 45.2 Å². The van der Waals surface area contributed by atoms with Gasteiger partial charge in [-0.05, 0) is 67.2 Å². The summed E-state index contributed by atoms with van der Waals surface area (Å²) in [5, 5.41) is 8.77. The van der Waals surface area contributed by atoms with Crippen LogP contribution in [0.15, 0.2) is 48.5 Å². The van der Waals surface area contributed by atoms with E-state index in [-0.39, 0.29) is 12.6 Å². The summed E-state index contributed by atoms with van der Waals surface area (Å²) in [7, 11) is 0. The average Bonchev–Trinajstić information content (AvgIpc) is 2.82. The largest absolute Gasteiger partial charge is 0.481 e. The molecule has 1 aliphatic heterocycles. The van der Waals surface area contributed by atoms with Crippen LogP contribution in [0.1, 0.15) is 75.8 Å². The molecule has 1 aliphatic rings. The summed E-state index contributed by atoms with van der Waals surface area (Å²) in [5.74, 6) is -0.695. The third-order valence-electron chi connectivity index (χ3n) is 6.39. The van der Waals surface area contributed by atoms with Gasteiger partial charge in [-0.25, -0.2) is 0 Å². The highest BCUT2D eigenvalue weighted by Crippen LogP contribution is 2.23. The van der Waals surface area contributed by atoms with E-state index in [1.807, 2.05) is 0 Å². The van der Waals surface area contributed by atoms with Crippen LogP contribution in [-0.2, 0) is 22.6 Å². The molecule has 0 bridgehead atoms. The van der Waals surface area contributed by atoms with E-state index < -0.39 is 5.97 Å². The van der Waals surface area contributed by atoms with Gasteiger partial charge in [-0.15, -0.1) is 0 Å². The Kier molecular flexibility index (Phi) is 10.2. The topological polar surface area (TPSA) is 49.8 Å². The normalized spacial score (nSPS) is 16.8. The number of carboxylic acid groups (broad SMARTS) is 1. The molecule has 2 aromatic rings. The number of carboxylic acids is 1. The molecule has 1 unspecified atom stereocenters. The number of carbonyl (C=O) groups is 1. The summed E-state index contributed by atoms with van der Waals surface area (Å²) >= 11 is 0. The van der Waals surface area contributed by atoms with E-state index in [4.69, 9.17) is 9.84 Å². The Morgan fingerprint density at radius 2 is 1.62 bits per heavy atom. The molecule has 32 heavy (non-hydrogen) atoms. The van der Waals surface area contributed by atoms with Gasteiger partial charge in [0, 0.05) is 19.5 Å². The molecule has 0 amide bonds. The van der Waals surface area contributed by atoms with Crippen molar-refractivity contribution in [2.75, 3.05) is 13.1 Å². The van der Waals surface area contributed by atoms with Gasteiger partial charge < -0.3 is 9.84 Å². The van der Waals surface area contributed by atoms with Gasteiger partial charge in [0.1, 0.15) is 6.23 Å². The van der Waals surface area contributed by atoms with Crippen LogP contribution < -0.4 is 0 Å². The first-order valence-corrected chi connectivity index (χ1v) is 12.4. The van der Waals surface area contributed by atoms with Gasteiger partial charge in [0.25, 0.3) is 0 Å². The molecule has 3 rings (SSSR count). The lowest BCUT2D eigenvalue weighted by atomic mass is 10.0. The van der Waals surface area contributed by atoms with Crippen LogP contribution in [0.2, 0.25) is 0 Å². The fourth-order valence-corrected chi connectivity index (χ4v) is 4.40. The van der Waals surface area contributed by atoms with Crippen LogP contribution in [0.3, 0.4) is 0 Å². The SMILES string of the molecule is CCCCc1ccc(-c2ccc(COC3CCCCN3CCCCCC(=O)O)cc2)cc1. The molecule has 1 saturated heterocycles. The first-order valence-electron chi connectivity index (χ1n) is 12.4. The highest BCUT2D eigenvalue weighted by Gasteiger charge is 2.22. The molecule has 1 N–H and O–H groups in total. The van der Waals surface area contributed by atoms with Crippen LogP contribution in [-0.4, -0.2) is 35.3 Å². The molecule has 1 fully saturated rings. The Balaban J connectivity index is 1.46. The molecule has 1 heterocycles. The van der Waals surface area contributed by atoms with Crippen molar-refractivity contribution in [3.8, 4) is 11.1 Å². The highest BCUT2D eigenvalue weighted by atomic mass is 16.5. The summed E-state index contributed by atoms with van der Waals surface area (Å²) in [4.78, 5) is 13.1. The monoisotopic (exact) mass is 437 g/mol. The maximum Gasteiger partial charge on any atom is 0.303 e. The molecule has 174 valence electrons. The Morgan fingerprint density at radius 1 is 0.938 bits per heavy atom. The van der Waals surface area contributed by atoms with Gasteiger partial charge >= 0.3 is 5.97 Å². The molecule has 0 aromatic heterocycles. The third kappa shape index (κ3) is 8.07. The zero-order valence-corrected chi connectivity index (χ0v) is 19.6. The average molecular weight is 438 g/mol. The zero-order valence-electron chi connectivity index (χ0n) is 19.6. The molecular formula is C28H39NO3. The number of benzene rings is 2. The number of hydrogen-bond acceptors (Lipinski definition) is 3. The number of nitrogens with zero attached hydrogens (tertiary/aromatic N) is 1. The molecule has 4 heteroatoms. The second-order valence-corrected chi connectivity index (χ2v) is 9.00. The number of likely N-dealkylation sites (tertiary alicyclic amines) is 1. The number of unbranched alkanes of at least 4 members (excludes halogenated alkanes) is 3. The van der Waals surface area contributed by atoms with Crippen molar-refractivity contribution < 1.29 is 14.6 Å². The first kappa shape index (κ1) is 24.5. The molecule has 0 saturated carbocycles. The Bertz CT molecular complexity index is 800. The van der Waals surface area contributed by atoms with Gasteiger partial charge in [0.05, 0.1) is 6.61 Å². The standard InChI is InChI=1S/C28H39NO3/c1-2-3-9-23-12-16-25(17-13-23)26-18-14-24(15-19-26)22-32-27-10-6-8-21-29(27)20-7-4-5-11-28(30)31/h12-19,27H,2-11,20-22H2,1H3,(H,30,31). The lowest BCUT2D eigenvalue weighted by Gasteiger charge is -2.35. The summed E-state index contributed by atoms with van der Waals surface area (Å²) in [6.07, 6.45) is 10.4. The molecular weight excluding hydrogens is 398 g/mol. The maximum absolute atomic E-state index is 10.7. The second kappa shape index (κ2) is 13.4. The van der Waals surface area contributed by atoms with E-state index in [0.29, 0.717) is 6.61 Å². The highest BCUT2D eigenvalue weighted by molar-refractivity contribution is 5.66. The van der Waals surface area contributed by atoms with Gasteiger partial charge in [0.2, 0.25) is 0 Å².